The minimum absolute atomic E-state index is 0.125. The molecule has 0 aliphatic heterocycles. The zero-order valence-corrected chi connectivity index (χ0v) is 8.25. The maximum Gasteiger partial charge on any atom is 0.304 e. The summed E-state index contributed by atoms with van der Waals surface area (Å²) >= 11 is 0. The van der Waals surface area contributed by atoms with Crippen molar-refractivity contribution in [3.8, 4) is 0 Å². The zero-order valence-electron chi connectivity index (χ0n) is 8.25. The van der Waals surface area contributed by atoms with E-state index in [9.17, 15) is 4.79 Å². The smallest absolute Gasteiger partial charge is 0.304 e. The van der Waals surface area contributed by atoms with Crippen LogP contribution in [0, 0.1) is 5.41 Å². The fourth-order valence-corrected chi connectivity index (χ4v) is 2.34. The van der Waals surface area contributed by atoms with Crippen LogP contribution in [-0.4, -0.2) is 17.1 Å². The van der Waals surface area contributed by atoms with Crippen LogP contribution in [0.25, 0.3) is 0 Å². The Balaban J connectivity index is 2.49. The SMILES string of the molecule is CCCC1(C(N)CC(=O)O)CCC1. The number of nitrogens with two attached hydrogens (primary N) is 1. The molecule has 1 saturated carbocycles. The number of hydrogen-bond acceptors (Lipinski definition) is 2. The number of hydrogen-bond donors (Lipinski definition) is 2. The van der Waals surface area contributed by atoms with E-state index in [0.29, 0.717) is 0 Å². The van der Waals surface area contributed by atoms with E-state index in [2.05, 4.69) is 6.92 Å². The Morgan fingerprint density at radius 1 is 1.62 bits per heavy atom. The summed E-state index contributed by atoms with van der Waals surface area (Å²) < 4.78 is 0. The van der Waals surface area contributed by atoms with Crippen molar-refractivity contribution in [3.63, 3.8) is 0 Å². The molecular formula is C10H19NO2. The molecule has 1 unspecified atom stereocenters. The molecular weight excluding hydrogens is 166 g/mol. The van der Waals surface area contributed by atoms with Crippen LogP contribution < -0.4 is 5.73 Å². The summed E-state index contributed by atoms with van der Waals surface area (Å²) in [5, 5.41) is 8.66. The van der Waals surface area contributed by atoms with E-state index >= 15 is 0 Å². The molecule has 0 spiro atoms. The average molecular weight is 185 g/mol. The lowest BCUT2D eigenvalue weighted by Gasteiger charge is -2.46. The molecule has 0 aromatic rings. The first kappa shape index (κ1) is 10.5. The van der Waals surface area contributed by atoms with Gasteiger partial charge in [-0.15, -0.1) is 0 Å². The van der Waals surface area contributed by atoms with E-state index in [1.165, 1.54) is 6.42 Å². The summed E-state index contributed by atoms with van der Waals surface area (Å²) in [7, 11) is 0. The van der Waals surface area contributed by atoms with Crippen LogP contribution in [0.3, 0.4) is 0 Å². The summed E-state index contributed by atoms with van der Waals surface area (Å²) in [5.74, 6) is -0.769. The van der Waals surface area contributed by atoms with Gasteiger partial charge in [-0.1, -0.05) is 19.8 Å². The van der Waals surface area contributed by atoms with Gasteiger partial charge in [0.15, 0.2) is 0 Å². The van der Waals surface area contributed by atoms with Crippen LogP contribution in [0.2, 0.25) is 0 Å². The Hall–Kier alpha value is -0.570. The van der Waals surface area contributed by atoms with Gasteiger partial charge in [-0.2, -0.15) is 0 Å². The highest BCUT2D eigenvalue weighted by molar-refractivity contribution is 5.67. The van der Waals surface area contributed by atoms with Crippen molar-refractivity contribution in [1.82, 2.24) is 0 Å². The standard InChI is InChI=1S/C10H19NO2/c1-2-4-10(5-3-6-10)8(11)7-9(12)13/h8H,2-7,11H2,1H3,(H,12,13). The minimum atomic E-state index is -0.769. The Kier molecular flexibility index (Phi) is 3.31. The maximum absolute atomic E-state index is 10.5. The van der Waals surface area contributed by atoms with Gasteiger partial charge in [0.1, 0.15) is 0 Å². The van der Waals surface area contributed by atoms with Crippen molar-refractivity contribution in [2.24, 2.45) is 11.1 Å². The largest absolute Gasteiger partial charge is 0.481 e. The second kappa shape index (κ2) is 4.09. The number of carboxylic acid groups (broad SMARTS) is 1. The van der Waals surface area contributed by atoms with Crippen LogP contribution in [0.5, 0.6) is 0 Å². The summed E-state index contributed by atoms with van der Waals surface area (Å²) in [6.07, 6.45) is 5.77. The van der Waals surface area contributed by atoms with Gasteiger partial charge in [0.05, 0.1) is 6.42 Å². The molecule has 0 radical (unpaired) electrons. The van der Waals surface area contributed by atoms with Crippen molar-refractivity contribution < 1.29 is 9.90 Å². The third kappa shape index (κ3) is 2.21. The van der Waals surface area contributed by atoms with E-state index in [1.807, 2.05) is 0 Å². The normalized spacial score (nSPS) is 22.0. The number of carbonyl (C=O) groups is 1. The summed E-state index contributed by atoms with van der Waals surface area (Å²) in [6, 6.07) is -0.140. The molecule has 0 heterocycles. The monoisotopic (exact) mass is 185 g/mol. The highest BCUT2D eigenvalue weighted by Crippen LogP contribution is 2.47. The molecule has 1 aliphatic rings. The highest BCUT2D eigenvalue weighted by atomic mass is 16.4. The number of carboxylic acids is 1. The van der Waals surface area contributed by atoms with Crippen molar-refractivity contribution >= 4 is 5.97 Å². The van der Waals surface area contributed by atoms with E-state index in [1.54, 1.807) is 0 Å². The maximum atomic E-state index is 10.5. The molecule has 0 amide bonds. The van der Waals surface area contributed by atoms with Crippen LogP contribution in [0.15, 0.2) is 0 Å². The van der Waals surface area contributed by atoms with E-state index < -0.39 is 5.97 Å². The molecule has 0 bridgehead atoms. The van der Waals surface area contributed by atoms with E-state index in [0.717, 1.165) is 25.7 Å². The molecule has 0 saturated heterocycles. The van der Waals surface area contributed by atoms with Crippen molar-refractivity contribution in [2.45, 2.75) is 51.5 Å². The van der Waals surface area contributed by atoms with Crippen LogP contribution in [0.1, 0.15) is 45.4 Å². The molecule has 1 fully saturated rings. The lowest BCUT2D eigenvalue weighted by atomic mass is 9.61. The molecule has 1 rings (SSSR count). The third-order valence-electron chi connectivity index (χ3n) is 3.28. The van der Waals surface area contributed by atoms with E-state index in [-0.39, 0.29) is 17.9 Å². The van der Waals surface area contributed by atoms with Crippen molar-refractivity contribution in [2.75, 3.05) is 0 Å². The molecule has 3 N–H and O–H groups in total. The molecule has 1 atom stereocenters. The first-order valence-electron chi connectivity index (χ1n) is 5.08. The van der Waals surface area contributed by atoms with Gasteiger partial charge in [-0.05, 0) is 24.7 Å². The highest BCUT2D eigenvalue weighted by Gasteiger charge is 2.41. The molecule has 3 nitrogen and oxygen atoms in total. The fraction of sp³-hybridized carbons (Fsp3) is 0.900. The topological polar surface area (TPSA) is 63.3 Å². The van der Waals surface area contributed by atoms with Crippen LogP contribution in [0.4, 0.5) is 0 Å². The minimum Gasteiger partial charge on any atom is -0.481 e. The van der Waals surface area contributed by atoms with Gasteiger partial charge in [0.25, 0.3) is 0 Å². The Morgan fingerprint density at radius 2 is 2.23 bits per heavy atom. The van der Waals surface area contributed by atoms with Crippen LogP contribution >= 0.6 is 0 Å². The fourth-order valence-electron chi connectivity index (χ4n) is 2.34. The summed E-state index contributed by atoms with van der Waals surface area (Å²) in [6.45, 7) is 2.13. The first-order valence-corrected chi connectivity index (χ1v) is 5.08. The molecule has 0 aromatic carbocycles. The second-order valence-electron chi connectivity index (χ2n) is 4.17. The zero-order chi connectivity index (χ0) is 9.90. The predicted octanol–water partition coefficient (Wildman–Crippen LogP) is 1.76. The van der Waals surface area contributed by atoms with E-state index in [4.69, 9.17) is 10.8 Å². The Bertz CT molecular complexity index is 187. The van der Waals surface area contributed by atoms with Gasteiger partial charge in [-0.25, -0.2) is 0 Å². The van der Waals surface area contributed by atoms with Gasteiger partial charge in [0, 0.05) is 6.04 Å². The van der Waals surface area contributed by atoms with Gasteiger partial charge < -0.3 is 10.8 Å². The summed E-state index contributed by atoms with van der Waals surface area (Å²) in [5.41, 5.74) is 6.08. The predicted molar refractivity (Wildman–Crippen MR) is 51.4 cm³/mol. The molecule has 1 aliphatic carbocycles. The first-order chi connectivity index (χ1) is 6.10. The molecule has 13 heavy (non-hydrogen) atoms. The lowest BCUT2D eigenvalue weighted by Crippen LogP contribution is -2.47. The second-order valence-corrected chi connectivity index (χ2v) is 4.17. The summed E-state index contributed by atoms with van der Waals surface area (Å²) in [4.78, 5) is 10.5. The van der Waals surface area contributed by atoms with Crippen LogP contribution in [-0.2, 0) is 4.79 Å². The molecule has 0 aromatic heterocycles. The quantitative estimate of drug-likeness (QED) is 0.686. The van der Waals surface area contributed by atoms with Crippen molar-refractivity contribution in [1.29, 1.82) is 0 Å². The third-order valence-corrected chi connectivity index (χ3v) is 3.28. The Morgan fingerprint density at radius 3 is 2.54 bits per heavy atom. The molecule has 3 heteroatoms. The van der Waals surface area contributed by atoms with Crippen molar-refractivity contribution in [3.05, 3.63) is 0 Å². The Labute approximate surface area is 79.3 Å². The average Bonchev–Trinajstić information content (AvgIpc) is 1.94. The van der Waals surface area contributed by atoms with Gasteiger partial charge >= 0.3 is 5.97 Å². The van der Waals surface area contributed by atoms with Gasteiger partial charge in [0.2, 0.25) is 0 Å². The lowest BCUT2D eigenvalue weighted by molar-refractivity contribution is -0.138. The number of aliphatic carboxylic acids is 1. The van der Waals surface area contributed by atoms with Gasteiger partial charge in [-0.3, -0.25) is 4.79 Å². The number of rotatable bonds is 5. The molecule has 76 valence electrons.